The number of aromatic nitrogens is 2. The van der Waals surface area contributed by atoms with Gasteiger partial charge >= 0.3 is 0 Å². The monoisotopic (exact) mass is 403 g/mol. The van der Waals surface area contributed by atoms with E-state index >= 15 is 0 Å². The Hall–Kier alpha value is -2.53. The Bertz CT molecular complexity index is 1030. The fourth-order valence-electron chi connectivity index (χ4n) is 4.38. The molecule has 0 bridgehead atoms. The van der Waals surface area contributed by atoms with E-state index in [1.54, 1.807) is 11.8 Å². The first-order valence-corrected chi connectivity index (χ1v) is 11.4. The number of nitrogens with zero attached hydrogens (tertiary/aromatic N) is 3. The van der Waals surface area contributed by atoms with E-state index in [1.165, 1.54) is 35.4 Å². The van der Waals surface area contributed by atoms with E-state index < -0.39 is 0 Å². The zero-order valence-corrected chi connectivity index (χ0v) is 17.3. The number of amides is 1. The van der Waals surface area contributed by atoms with Crippen molar-refractivity contribution in [3.8, 4) is 5.69 Å². The minimum absolute atomic E-state index is 0.199. The zero-order chi connectivity index (χ0) is 19.6. The number of hydrogen-bond donors (Lipinski definition) is 0. The van der Waals surface area contributed by atoms with Gasteiger partial charge in [-0.3, -0.25) is 9.36 Å². The molecule has 0 saturated carbocycles. The molecule has 5 rings (SSSR count). The van der Waals surface area contributed by atoms with Crippen LogP contribution in [0, 0.1) is 0 Å². The summed E-state index contributed by atoms with van der Waals surface area (Å²) in [6.45, 7) is 1.53. The number of thioether (sulfide) groups is 1. The fraction of sp³-hybridized carbons (Fsp3) is 0.333. The Morgan fingerprint density at radius 2 is 1.69 bits per heavy atom. The van der Waals surface area contributed by atoms with Crippen LogP contribution in [0.25, 0.3) is 5.69 Å². The highest BCUT2D eigenvalue weighted by molar-refractivity contribution is 7.99. The van der Waals surface area contributed by atoms with Crippen molar-refractivity contribution in [1.82, 2.24) is 14.5 Å². The highest BCUT2D eigenvalue weighted by atomic mass is 32.2. The summed E-state index contributed by atoms with van der Waals surface area (Å²) in [6, 6.07) is 18.9. The van der Waals surface area contributed by atoms with E-state index in [9.17, 15) is 4.79 Å². The number of para-hydroxylation sites is 1. The lowest BCUT2D eigenvalue weighted by Crippen LogP contribution is -2.37. The van der Waals surface area contributed by atoms with Crippen molar-refractivity contribution in [2.45, 2.75) is 43.8 Å². The highest BCUT2D eigenvalue weighted by Gasteiger charge is 2.24. The molecule has 2 aromatic carbocycles. The number of imidazole rings is 1. The van der Waals surface area contributed by atoms with E-state index in [0.29, 0.717) is 5.75 Å². The third-order valence-electron chi connectivity index (χ3n) is 5.92. The first kappa shape index (κ1) is 18.5. The molecule has 148 valence electrons. The third kappa shape index (κ3) is 3.71. The molecule has 0 atom stereocenters. The average molecular weight is 404 g/mol. The van der Waals surface area contributed by atoms with Crippen molar-refractivity contribution in [2.24, 2.45) is 0 Å². The minimum atomic E-state index is 0.199. The van der Waals surface area contributed by atoms with Gasteiger partial charge < -0.3 is 4.90 Å². The molecule has 1 amide bonds. The second-order valence-corrected chi connectivity index (χ2v) is 8.73. The largest absolute Gasteiger partial charge is 0.337 e. The quantitative estimate of drug-likeness (QED) is 0.605. The molecular formula is C24H25N3OS. The zero-order valence-electron chi connectivity index (χ0n) is 16.5. The molecule has 2 heterocycles. The van der Waals surface area contributed by atoms with Gasteiger partial charge in [-0.15, -0.1) is 0 Å². The smallest absolute Gasteiger partial charge is 0.233 e. The topological polar surface area (TPSA) is 38.1 Å². The number of carbonyl (C=O) groups is 1. The summed E-state index contributed by atoms with van der Waals surface area (Å²) in [5.41, 5.74) is 6.33. The van der Waals surface area contributed by atoms with Gasteiger partial charge in [-0.25, -0.2) is 4.98 Å². The molecule has 5 heteroatoms. The van der Waals surface area contributed by atoms with Crippen LogP contribution in [0.5, 0.6) is 0 Å². The molecule has 0 unspecified atom stereocenters. The summed E-state index contributed by atoms with van der Waals surface area (Å²) in [5.74, 6) is 0.635. The number of rotatable bonds is 4. The van der Waals surface area contributed by atoms with Gasteiger partial charge in [0.15, 0.2) is 5.16 Å². The lowest BCUT2D eigenvalue weighted by atomic mass is 10.00. The van der Waals surface area contributed by atoms with Crippen LogP contribution in [0.3, 0.4) is 0 Å². The van der Waals surface area contributed by atoms with Crippen LogP contribution < -0.4 is 0 Å². The molecule has 4 nitrogen and oxygen atoms in total. The molecule has 1 aromatic heterocycles. The standard InChI is InChI=1S/C24H25N3OS/c28-23(26-15-14-18-8-4-5-9-19(18)16-26)17-29-24-25-21-12-6-7-13-22(21)27(24)20-10-2-1-3-11-20/h1-5,8-11H,6-7,12-17H2. The number of fused-ring (bicyclic) bond motifs is 2. The van der Waals surface area contributed by atoms with E-state index in [2.05, 4.69) is 53.1 Å². The number of hydrogen-bond acceptors (Lipinski definition) is 3. The van der Waals surface area contributed by atoms with Crippen LogP contribution in [0.2, 0.25) is 0 Å². The molecule has 0 fully saturated rings. The van der Waals surface area contributed by atoms with E-state index in [4.69, 9.17) is 4.98 Å². The van der Waals surface area contributed by atoms with Crippen LogP contribution in [-0.4, -0.2) is 32.7 Å². The summed E-state index contributed by atoms with van der Waals surface area (Å²) in [7, 11) is 0. The van der Waals surface area contributed by atoms with Crippen molar-refractivity contribution in [1.29, 1.82) is 0 Å². The first-order chi connectivity index (χ1) is 14.3. The molecule has 2 aliphatic rings. The first-order valence-electron chi connectivity index (χ1n) is 10.4. The maximum atomic E-state index is 12.9. The Morgan fingerprint density at radius 3 is 2.55 bits per heavy atom. The van der Waals surface area contributed by atoms with Crippen molar-refractivity contribution < 1.29 is 4.79 Å². The van der Waals surface area contributed by atoms with Crippen LogP contribution in [0.1, 0.15) is 35.4 Å². The molecule has 0 N–H and O–H groups in total. The third-order valence-corrected chi connectivity index (χ3v) is 6.85. The summed E-state index contributed by atoms with van der Waals surface area (Å²) in [5, 5.41) is 0.953. The van der Waals surface area contributed by atoms with Gasteiger partial charge in [0.05, 0.1) is 11.4 Å². The molecule has 29 heavy (non-hydrogen) atoms. The van der Waals surface area contributed by atoms with Crippen molar-refractivity contribution >= 4 is 17.7 Å². The molecule has 1 aliphatic heterocycles. The molecular weight excluding hydrogens is 378 g/mol. The van der Waals surface area contributed by atoms with Crippen molar-refractivity contribution in [3.05, 3.63) is 77.1 Å². The van der Waals surface area contributed by atoms with Crippen LogP contribution in [0.4, 0.5) is 0 Å². The van der Waals surface area contributed by atoms with Gasteiger partial charge in [0.25, 0.3) is 0 Å². The van der Waals surface area contributed by atoms with Gasteiger partial charge in [0.2, 0.25) is 5.91 Å². The normalized spacial score (nSPS) is 15.7. The number of aryl methyl sites for hydroxylation is 1. The van der Waals surface area contributed by atoms with Gasteiger partial charge in [-0.1, -0.05) is 54.2 Å². The van der Waals surface area contributed by atoms with E-state index in [0.717, 1.165) is 43.2 Å². The van der Waals surface area contributed by atoms with Gasteiger partial charge in [0, 0.05) is 24.5 Å². The number of carbonyl (C=O) groups excluding carboxylic acids is 1. The highest BCUT2D eigenvalue weighted by Crippen LogP contribution is 2.31. The second-order valence-electron chi connectivity index (χ2n) is 7.79. The Labute approximate surface area is 176 Å². The molecule has 3 aromatic rings. The fourth-order valence-corrected chi connectivity index (χ4v) is 5.34. The van der Waals surface area contributed by atoms with Crippen molar-refractivity contribution in [3.63, 3.8) is 0 Å². The maximum Gasteiger partial charge on any atom is 0.233 e. The van der Waals surface area contributed by atoms with E-state index in [1.807, 2.05) is 11.0 Å². The summed E-state index contributed by atoms with van der Waals surface area (Å²) in [4.78, 5) is 19.9. The van der Waals surface area contributed by atoms with Crippen LogP contribution in [0.15, 0.2) is 59.8 Å². The molecule has 0 spiro atoms. The molecule has 0 saturated heterocycles. The van der Waals surface area contributed by atoms with Crippen molar-refractivity contribution in [2.75, 3.05) is 12.3 Å². The Balaban J connectivity index is 1.35. The lowest BCUT2D eigenvalue weighted by Gasteiger charge is -2.28. The van der Waals surface area contributed by atoms with Crippen LogP contribution >= 0.6 is 11.8 Å². The maximum absolute atomic E-state index is 12.9. The number of benzene rings is 2. The second kappa shape index (κ2) is 8.07. The molecule has 1 aliphatic carbocycles. The van der Waals surface area contributed by atoms with Crippen LogP contribution in [-0.2, 0) is 30.6 Å². The summed E-state index contributed by atoms with van der Waals surface area (Å²) in [6.07, 6.45) is 5.46. The van der Waals surface area contributed by atoms with Gasteiger partial charge in [0.1, 0.15) is 0 Å². The summed E-state index contributed by atoms with van der Waals surface area (Å²) < 4.78 is 2.28. The average Bonchev–Trinajstić information content (AvgIpc) is 3.16. The summed E-state index contributed by atoms with van der Waals surface area (Å²) >= 11 is 1.58. The predicted octanol–water partition coefficient (Wildman–Crippen LogP) is 4.43. The Morgan fingerprint density at radius 1 is 0.931 bits per heavy atom. The van der Waals surface area contributed by atoms with Gasteiger partial charge in [-0.05, 0) is 55.4 Å². The van der Waals surface area contributed by atoms with E-state index in [-0.39, 0.29) is 5.91 Å². The predicted molar refractivity (Wildman–Crippen MR) is 116 cm³/mol. The minimum Gasteiger partial charge on any atom is -0.337 e. The molecule has 0 radical (unpaired) electrons. The van der Waals surface area contributed by atoms with Gasteiger partial charge in [-0.2, -0.15) is 0 Å². The SMILES string of the molecule is O=C(CSc1nc2c(n1-c1ccccc1)CCCC2)N1CCc2ccccc2C1. The Kier molecular flexibility index (Phi) is 5.15. The lowest BCUT2D eigenvalue weighted by molar-refractivity contribution is -0.129.